The van der Waals surface area contributed by atoms with E-state index in [-0.39, 0.29) is 28.8 Å². The SMILES string of the molecule is CCC(C(=O)Nc1nc2ccc(S(=O)(=O)N(C(C)C)C(C)C)cc2s1)c1ccccc1. The van der Waals surface area contributed by atoms with Crippen LogP contribution in [0, 0.1) is 0 Å². The summed E-state index contributed by atoms with van der Waals surface area (Å²) in [5.74, 6) is -0.388. The Balaban J connectivity index is 1.88. The van der Waals surface area contributed by atoms with Crippen LogP contribution in [0.4, 0.5) is 5.13 Å². The first-order valence-electron chi connectivity index (χ1n) is 10.4. The molecule has 0 saturated heterocycles. The topological polar surface area (TPSA) is 79.4 Å². The minimum Gasteiger partial charge on any atom is -0.301 e. The molecule has 0 bridgehead atoms. The highest BCUT2D eigenvalue weighted by molar-refractivity contribution is 7.89. The Labute approximate surface area is 188 Å². The average molecular weight is 460 g/mol. The van der Waals surface area contributed by atoms with Crippen LogP contribution in [0.2, 0.25) is 0 Å². The van der Waals surface area contributed by atoms with Crippen LogP contribution in [0.25, 0.3) is 10.2 Å². The second-order valence-electron chi connectivity index (χ2n) is 8.03. The lowest BCUT2D eigenvalue weighted by molar-refractivity contribution is -0.117. The molecule has 0 radical (unpaired) electrons. The Bertz CT molecular complexity index is 1150. The molecular weight excluding hydrogens is 430 g/mol. The van der Waals surface area contributed by atoms with E-state index in [1.807, 2.05) is 65.0 Å². The highest BCUT2D eigenvalue weighted by atomic mass is 32.2. The van der Waals surface area contributed by atoms with Gasteiger partial charge in [0.25, 0.3) is 0 Å². The number of aromatic nitrogens is 1. The molecule has 1 N–H and O–H groups in total. The molecule has 1 unspecified atom stereocenters. The zero-order valence-electron chi connectivity index (χ0n) is 18.5. The summed E-state index contributed by atoms with van der Waals surface area (Å²) in [6.45, 7) is 9.45. The van der Waals surface area contributed by atoms with E-state index in [9.17, 15) is 13.2 Å². The minimum atomic E-state index is -3.63. The van der Waals surface area contributed by atoms with Crippen molar-refractivity contribution in [2.75, 3.05) is 5.32 Å². The third-order valence-electron chi connectivity index (χ3n) is 5.11. The molecular formula is C23H29N3O3S2. The molecule has 3 aromatic rings. The number of amides is 1. The summed E-state index contributed by atoms with van der Waals surface area (Å²) in [6.07, 6.45) is 0.670. The first-order chi connectivity index (χ1) is 14.6. The van der Waals surface area contributed by atoms with Gasteiger partial charge < -0.3 is 5.32 Å². The molecule has 0 aliphatic carbocycles. The van der Waals surface area contributed by atoms with Crippen molar-refractivity contribution in [3.05, 3.63) is 54.1 Å². The second-order valence-corrected chi connectivity index (χ2v) is 10.9. The highest BCUT2D eigenvalue weighted by Crippen LogP contribution is 2.31. The molecule has 2 aromatic carbocycles. The summed E-state index contributed by atoms with van der Waals surface area (Å²) in [4.78, 5) is 17.6. The summed E-state index contributed by atoms with van der Waals surface area (Å²) in [6, 6.07) is 14.3. The van der Waals surface area contributed by atoms with Crippen LogP contribution in [-0.4, -0.2) is 35.7 Å². The lowest BCUT2D eigenvalue weighted by atomic mass is 9.96. The maximum atomic E-state index is 13.2. The third kappa shape index (κ3) is 4.97. The average Bonchev–Trinajstić information content (AvgIpc) is 3.09. The van der Waals surface area contributed by atoms with Crippen molar-refractivity contribution in [3.8, 4) is 0 Å². The molecule has 3 rings (SSSR count). The lowest BCUT2D eigenvalue weighted by Crippen LogP contribution is -2.41. The summed E-state index contributed by atoms with van der Waals surface area (Å²) < 4.78 is 28.6. The number of nitrogens with one attached hydrogen (secondary N) is 1. The summed E-state index contributed by atoms with van der Waals surface area (Å²) >= 11 is 1.28. The fourth-order valence-corrected chi connectivity index (χ4v) is 6.69. The van der Waals surface area contributed by atoms with Crippen LogP contribution in [-0.2, 0) is 14.8 Å². The maximum Gasteiger partial charge on any atom is 0.243 e. The van der Waals surface area contributed by atoms with Gasteiger partial charge in [-0.1, -0.05) is 48.6 Å². The number of hydrogen-bond donors (Lipinski definition) is 1. The van der Waals surface area contributed by atoms with Crippen molar-refractivity contribution < 1.29 is 13.2 Å². The lowest BCUT2D eigenvalue weighted by Gasteiger charge is -2.29. The van der Waals surface area contributed by atoms with Gasteiger partial charge in [0, 0.05) is 12.1 Å². The van der Waals surface area contributed by atoms with Crippen molar-refractivity contribution >= 4 is 42.6 Å². The van der Waals surface area contributed by atoms with E-state index < -0.39 is 10.0 Å². The first kappa shape index (κ1) is 23.4. The van der Waals surface area contributed by atoms with Gasteiger partial charge in [0.2, 0.25) is 15.9 Å². The van der Waals surface area contributed by atoms with Crippen molar-refractivity contribution in [1.82, 2.24) is 9.29 Å². The first-order valence-corrected chi connectivity index (χ1v) is 12.7. The number of hydrogen-bond acceptors (Lipinski definition) is 5. The molecule has 6 nitrogen and oxygen atoms in total. The second kappa shape index (κ2) is 9.46. The number of rotatable bonds is 8. The number of anilines is 1. The predicted octanol–water partition coefficient (Wildman–Crippen LogP) is 5.24. The van der Waals surface area contributed by atoms with Gasteiger partial charge in [0.15, 0.2) is 5.13 Å². The Morgan fingerprint density at radius 1 is 1.06 bits per heavy atom. The highest BCUT2D eigenvalue weighted by Gasteiger charge is 2.30. The van der Waals surface area contributed by atoms with Crippen LogP contribution >= 0.6 is 11.3 Å². The van der Waals surface area contributed by atoms with E-state index in [2.05, 4.69) is 10.3 Å². The Hall–Kier alpha value is -2.29. The van der Waals surface area contributed by atoms with Crippen molar-refractivity contribution in [2.45, 2.75) is 63.9 Å². The fourth-order valence-electron chi connectivity index (χ4n) is 3.84. The molecule has 31 heavy (non-hydrogen) atoms. The zero-order valence-corrected chi connectivity index (χ0v) is 20.1. The number of carbonyl (C=O) groups is 1. The third-order valence-corrected chi connectivity index (χ3v) is 8.29. The molecule has 0 aliphatic rings. The van der Waals surface area contributed by atoms with E-state index >= 15 is 0 Å². The summed E-state index contributed by atoms with van der Waals surface area (Å²) in [5, 5.41) is 3.37. The van der Waals surface area contributed by atoms with Crippen LogP contribution < -0.4 is 5.32 Å². The predicted molar refractivity (Wildman–Crippen MR) is 127 cm³/mol. The Morgan fingerprint density at radius 3 is 2.29 bits per heavy atom. The van der Waals surface area contributed by atoms with Crippen molar-refractivity contribution in [3.63, 3.8) is 0 Å². The van der Waals surface area contributed by atoms with Gasteiger partial charge in [-0.05, 0) is 57.9 Å². The molecule has 0 fully saturated rings. The van der Waals surface area contributed by atoms with Crippen LogP contribution in [0.1, 0.15) is 52.5 Å². The van der Waals surface area contributed by atoms with Gasteiger partial charge in [0.05, 0.1) is 21.0 Å². The maximum absolute atomic E-state index is 13.2. The van der Waals surface area contributed by atoms with E-state index in [1.54, 1.807) is 18.2 Å². The minimum absolute atomic E-state index is 0.119. The Kier molecular flexibility index (Phi) is 7.13. The number of nitrogens with zero attached hydrogens (tertiary/aromatic N) is 2. The number of sulfonamides is 1. The molecule has 0 saturated carbocycles. The van der Waals surface area contributed by atoms with Gasteiger partial charge >= 0.3 is 0 Å². The molecule has 1 amide bonds. The van der Waals surface area contributed by atoms with Crippen LogP contribution in [0.3, 0.4) is 0 Å². The molecule has 166 valence electrons. The normalized spacial score (nSPS) is 13.3. The van der Waals surface area contributed by atoms with Crippen LogP contribution in [0.5, 0.6) is 0 Å². The molecule has 0 spiro atoms. The van der Waals surface area contributed by atoms with Gasteiger partial charge in [-0.2, -0.15) is 4.31 Å². The standard InChI is InChI=1S/C23H29N3O3S2/c1-6-19(17-10-8-7-9-11-17)22(27)25-23-24-20-13-12-18(14-21(20)30-23)31(28,29)26(15(2)3)16(4)5/h7-16,19H,6H2,1-5H3,(H,24,25,27). The number of carbonyl (C=O) groups excluding carboxylic acids is 1. The quantitative estimate of drug-likeness (QED) is 0.500. The van der Waals surface area contributed by atoms with Gasteiger partial charge in [-0.15, -0.1) is 0 Å². The van der Waals surface area contributed by atoms with Gasteiger partial charge in [-0.3, -0.25) is 4.79 Å². The summed E-state index contributed by atoms with van der Waals surface area (Å²) in [7, 11) is -3.63. The molecule has 1 atom stereocenters. The van der Waals surface area contributed by atoms with E-state index in [0.717, 1.165) is 10.3 Å². The zero-order chi connectivity index (χ0) is 22.8. The van der Waals surface area contributed by atoms with Crippen molar-refractivity contribution in [2.24, 2.45) is 0 Å². The monoisotopic (exact) mass is 459 g/mol. The number of benzene rings is 2. The number of thiazole rings is 1. The van der Waals surface area contributed by atoms with E-state index in [1.165, 1.54) is 15.6 Å². The van der Waals surface area contributed by atoms with Gasteiger partial charge in [0.1, 0.15) is 0 Å². The largest absolute Gasteiger partial charge is 0.301 e. The van der Waals surface area contributed by atoms with E-state index in [0.29, 0.717) is 17.1 Å². The Morgan fingerprint density at radius 2 is 1.71 bits per heavy atom. The van der Waals surface area contributed by atoms with Crippen LogP contribution in [0.15, 0.2) is 53.4 Å². The smallest absolute Gasteiger partial charge is 0.243 e. The molecule has 1 heterocycles. The van der Waals surface area contributed by atoms with Gasteiger partial charge in [-0.25, -0.2) is 13.4 Å². The molecule has 1 aromatic heterocycles. The van der Waals surface area contributed by atoms with Crippen molar-refractivity contribution in [1.29, 1.82) is 0 Å². The number of fused-ring (bicyclic) bond motifs is 1. The van der Waals surface area contributed by atoms with E-state index in [4.69, 9.17) is 0 Å². The summed E-state index contributed by atoms with van der Waals surface area (Å²) in [5.41, 5.74) is 1.62. The molecule has 8 heteroatoms. The fraction of sp³-hybridized carbons (Fsp3) is 0.391. The molecule has 0 aliphatic heterocycles.